The van der Waals surface area contributed by atoms with E-state index in [0.717, 1.165) is 11.8 Å². The third kappa shape index (κ3) is 1.64. The molecule has 4 rings (SSSR count). The average molecular weight is 295 g/mol. The van der Waals surface area contributed by atoms with Crippen molar-refractivity contribution in [3.05, 3.63) is 46.0 Å². The van der Waals surface area contributed by atoms with Crippen LogP contribution in [0.4, 0.5) is 0 Å². The van der Waals surface area contributed by atoms with Crippen molar-refractivity contribution in [2.45, 2.75) is 58.4 Å². The Bertz CT molecular complexity index is 656. The van der Waals surface area contributed by atoms with Crippen molar-refractivity contribution in [2.75, 3.05) is 13.6 Å². The van der Waals surface area contributed by atoms with Crippen LogP contribution < -0.4 is 0 Å². The lowest BCUT2D eigenvalue weighted by atomic mass is 9.54. The maximum atomic E-state index is 2.59. The zero-order chi connectivity index (χ0) is 15.6. The molecular formula is C21H29N. The molecule has 1 aliphatic heterocycles. The molecule has 4 unspecified atom stereocenters. The highest BCUT2D eigenvalue weighted by molar-refractivity contribution is 5.53. The molecule has 1 heteroatoms. The fourth-order valence-electron chi connectivity index (χ4n) is 6.00. The van der Waals surface area contributed by atoms with Crippen molar-refractivity contribution >= 4 is 0 Å². The van der Waals surface area contributed by atoms with Gasteiger partial charge in [-0.15, -0.1) is 0 Å². The van der Waals surface area contributed by atoms with Crippen LogP contribution in [-0.2, 0) is 11.8 Å². The summed E-state index contributed by atoms with van der Waals surface area (Å²) in [7, 11) is 2.32. The van der Waals surface area contributed by atoms with E-state index in [9.17, 15) is 0 Å². The fraction of sp³-hybridized carbons (Fsp3) is 0.619. The van der Waals surface area contributed by atoms with Gasteiger partial charge in [-0.05, 0) is 94.6 Å². The fourth-order valence-corrected chi connectivity index (χ4v) is 6.00. The second-order valence-electron chi connectivity index (χ2n) is 8.11. The first-order chi connectivity index (χ1) is 10.5. The first kappa shape index (κ1) is 14.5. The molecule has 118 valence electrons. The Balaban J connectivity index is 1.98. The first-order valence-corrected chi connectivity index (χ1v) is 8.93. The summed E-state index contributed by atoms with van der Waals surface area (Å²) < 4.78 is 0. The average Bonchev–Trinajstić information content (AvgIpc) is 2.85. The van der Waals surface area contributed by atoms with Crippen LogP contribution in [0, 0.1) is 25.7 Å². The van der Waals surface area contributed by atoms with Gasteiger partial charge >= 0.3 is 0 Å². The Morgan fingerprint density at radius 2 is 1.86 bits per heavy atom. The number of fused-ring (bicyclic) bond motifs is 1. The Hall–Kier alpha value is -1.08. The molecule has 1 spiro atoms. The van der Waals surface area contributed by atoms with Gasteiger partial charge in [-0.2, -0.15) is 0 Å². The number of hydrogen-bond donors (Lipinski definition) is 0. The number of nitrogens with zero attached hydrogens (tertiary/aromatic N) is 1. The van der Waals surface area contributed by atoms with E-state index in [4.69, 9.17) is 0 Å². The molecule has 0 N–H and O–H groups in total. The topological polar surface area (TPSA) is 3.24 Å². The molecule has 22 heavy (non-hydrogen) atoms. The predicted molar refractivity (Wildman–Crippen MR) is 93.4 cm³/mol. The number of hydrogen-bond acceptors (Lipinski definition) is 1. The summed E-state index contributed by atoms with van der Waals surface area (Å²) in [5.74, 6) is 1.53. The Morgan fingerprint density at radius 3 is 2.64 bits per heavy atom. The first-order valence-electron chi connectivity index (χ1n) is 8.93. The third-order valence-corrected chi connectivity index (χ3v) is 7.31. The van der Waals surface area contributed by atoms with Crippen molar-refractivity contribution in [1.82, 2.24) is 4.90 Å². The lowest BCUT2D eigenvalue weighted by Crippen LogP contribution is -2.57. The van der Waals surface area contributed by atoms with Gasteiger partial charge in [-0.1, -0.05) is 23.8 Å². The second kappa shape index (κ2) is 4.71. The number of aryl methyl sites for hydroxylation is 2. The third-order valence-electron chi connectivity index (χ3n) is 7.31. The van der Waals surface area contributed by atoms with E-state index in [0.29, 0.717) is 11.5 Å². The van der Waals surface area contributed by atoms with Gasteiger partial charge in [0.05, 0.1) is 0 Å². The molecule has 1 aromatic carbocycles. The van der Waals surface area contributed by atoms with Crippen LogP contribution in [-0.4, -0.2) is 24.5 Å². The number of allylic oxidation sites excluding steroid dienone is 2. The highest BCUT2D eigenvalue weighted by atomic mass is 15.1. The van der Waals surface area contributed by atoms with Gasteiger partial charge in [0.1, 0.15) is 0 Å². The molecular weight excluding hydrogens is 266 g/mol. The summed E-state index contributed by atoms with van der Waals surface area (Å²) >= 11 is 0. The SMILES string of the molecule is CC1=CCC2C(C)N(C)CCC23c2c(C)ccc(C)c2CC13. The van der Waals surface area contributed by atoms with E-state index in [2.05, 4.69) is 57.9 Å². The van der Waals surface area contributed by atoms with E-state index in [-0.39, 0.29) is 0 Å². The maximum Gasteiger partial charge on any atom is 0.0104 e. The van der Waals surface area contributed by atoms with Gasteiger partial charge in [0, 0.05) is 11.5 Å². The molecule has 1 heterocycles. The summed E-state index contributed by atoms with van der Waals surface area (Å²) in [5, 5.41) is 0. The van der Waals surface area contributed by atoms with Crippen molar-refractivity contribution in [1.29, 1.82) is 0 Å². The number of rotatable bonds is 0. The summed E-state index contributed by atoms with van der Waals surface area (Å²) in [6, 6.07) is 5.40. The maximum absolute atomic E-state index is 2.59. The summed E-state index contributed by atoms with van der Waals surface area (Å²) in [5.41, 5.74) is 8.55. The van der Waals surface area contributed by atoms with Crippen LogP contribution >= 0.6 is 0 Å². The molecule has 0 radical (unpaired) electrons. The van der Waals surface area contributed by atoms with Gasteiger partial charge in [0.2, 0.25) is 0 Å². The van der Waals surface area contributed by atoms with Crippen molar-refractivity contribution in [2.24, 2.45) is 11.8 Å². The van der Waals surface area contributed by atoms with Gasteiger partial charge in [-0.3, -0.25) is 0 Å². The Kier molecular flexibility index (Phi) is 3.10. The summed E-state index contributed by atoms with van der Waals surface area (Å²) in [6.45, 7) is 10.8. The summed E-state index contributed by atoms with van der Waals surface area (Å²) in [6.07, 6.45) is 6.43. The minimum atomic E-state index is 0.413. The molecule has 0 aromatic heterocycles. The molecule has 0 amide bonds. The van der Waals surface area contributed by atoms with Gasteiger partial charge in [-0.25, -0.2) is 0 Å². The number of piperidine rings is 1. The lowest BCUT2D eigenvalue weighted by Gasteiger charge is -2.55. The van der Waals surface area contributed by atoms with Gasteiger partial charge < -0.3 is 4.90 Å². The Morgan fingerprint density at radius 1 is 1.14 bits per heavy atom. The molecule has 1 nitrogen and oxygen atoms in total. The van der Waals surface area contributed by atoms with Crippen molar-refractivity contribution < 1.29 is 0 Å². The summed E-state index contributed by atoms with van der Waals surface area (Å²) in [4.78, 5) is 2.59. The largest absolute Gasteiger partial charge is 0.303 e. The molecule has 0 bridgehead atoms. The quantitative estimate of drug-likeness (QED) is 0.641. The van der Waals surface area contributed by atoms with E-state index < -0.39 is 0 Å². The van der Waals surface area contributed by atoms with Gasteiger partial charge in [0.15, 0.2) is 0 Å². The highest BCUT2D eigenvalue weighted by Gasteiger charge is 2.57. The van der Waals surface area contributed by atoms with Gasteiger partial charge in [0.25, 0.3) is 0 Å². The normalized spacial score (nSPS) is 37.3. The zero-order valence-corrected chi connectivity index (χ0v) is 14.7. The number of benzene rings is 1. The monoisotopic (exact) mass is 295 g/mol. The van der Waals surface area contributed by atoms with Crippen LogP contribution in [0.1, 0.15) is 48.9 Å². The molecule has 3 aliphatic rings. The molecule has 2 aliphatic carbocycles. The minimum absolute atomic E-state index is 0.413. The molecule has 1 aromatic rings. The van der Waals surface area contributed by atoms with E-state index in [1.807, 2.05) is 0 Å². The highest BCUT2D eigenvalue weighted by Crippen LogP contribution is 2.60. The number of likely N-dealkylation sites (tertiary alicyclic amines) is 1. The van der Waals surface area contributed by atoms with Crippen LogP contribution in [0.2, 0.25) is 0 Å². The molecule has 1 fully saturated rings. The van der Waals surface area contributed by atoms with Crippen LogP contribution in [0.25, 0.3) is 0 Å². The van der Waals surface area contributed by atoms with Crippen molar-refractivity contribution in [3.8, 4) is 0 Å². The minimum Gasteiger partial charge on any atom is -0.303 e. The van der Waals surface area contributed by atoms with E-state index >= 15 is 0 Å². The van der Waals surface area contributed by atoms with Crippen LogP contribution in [0.5, 0.6) is 0 Å². The van der Waals surface area contributed by atoms with Crippen LogP contribution in [0.3, 0.4) is 0 Å². The van der Waals surface area contributed by atoms with Crippen molar-refractivity contribution in [3.63, 3.8) is 0 Å². The lowest BCUT2D eigenvalue weighted by molar-refractivity contribution is 0.0278. The Labute approximate surface area is 135 Å². The van der Waals surface area contributed by atoms with E-state index in [1.54, 1.807) is 22.3 Å². The molecule has 4 atom stereocenters. The standard InChI is InChI=1S/C21H29N/c1-13-6-7-15(3)20-17(13)12-19-14(2)8-9-18-16(4)22(5)11-10-21(18,19)20/h6-8,16,18-19H,9-12H2,1-5H3. The second-order valence-corrected chi connectivity index (χ2v) is 8.11. The smallest absolute Gasteiger partial charge is 0.0104 e. The van der Waals surface area contributed by atoms with E-state index in [1.165, 1.54) is 31.4 Å². The molecule has 0 saturated carbocycles. The van der Waals surface area contributed by atoms with Crippen LogP contribution in [0.15, 0.2) is 23.8 Å². The zero-order valence-electron chi connectivity index (χ0n) is 14.7. The predicted octanol–water partition coefficient (Wildman–Crippen LogP) is 4.40. The molecule has 1 saturated heterocycles.